The lowest BCUT2D eigenvalue weighted by Gasteiger charge is -2.12. The minimum atomic E-state index is -0.180. The Hall–Kier alpha value is -3.27. The number of aromatic hydroxyl groups is 1. The van der Waals surface area contributed by atoms with Crippen LogP contribution in [0.1, 0.15) is 34.0 Å². The molecular weight excluding hydrogens is 507 g/mol. The van der Waals surface area contributed by atoms with Crippen molar-refractivity contribution in [1.29, 1.82) is 0 Å². The van der Waals surface area contributed by atoms with Crippen molar-refractivity contribution in [2.45, 2.75) is 20.0 Å². The number of tetrazole rings is 1. The van der Waals surface area contributed by atoms with Crippen molar-refractivity contribution >= 4 is 28.4 Å². The van der Waals surface area contributed by atoms with E-state index < -0.39 is 0 Å². The molecule has 0 atom stereocenters. The second kappa shape index (κ2) is 9.25. The molecule has 0 saturated carbocycles. The maximum atomic E-state index is 11.5. The molecule has 0 aliphatic carbocycles. The number of halogens is 1. The predicted octanol–water partition coefficient (Wildman–Crippen LogP) is 4.55. The zero-order chi connectivity index (χ0) is 21.8. The Kier molecular flexibility index (Phi) is 6.26. The number of ether oxygens (including phenoxy) is 1. The van der Waals surface area contributed by atoms with Gasteiger partial charge >= 0.3 is 0 Å². The Morgan fingerprint density at radius 2 is 1.84 bits per heavy atom. The van der Waals surface area contributed by atoms with E-state index in [1.165, 1.54) is 12.5 Å². The first kappa shape index (κ1) is 21.0. The van der Waals surface area contributed by atoms with Crippen molar-refractivity contribution in [1.82, 2.24) is 20.6 Å². The van der Waals surface area contributed by atoms with Crippen LogP contribution < -0.4 is 4.74 Å². The average molecular weight is 526 g/mol. The fourth-order valence-electron chi connectivity index (χ4n) is 3.20. The first-order chi connectivity index (χ1) is 15.0. The normalized spacial score (nSPS) is 10.8. The van der Waals surface area contributed by atoms with E-state index in [1.807, 2.05) is 46.9 Å². The Morgan fingerprint density at radius 3 is 2.55 bits per heavy atom. The number of carbonyl (C=O) groups excluding carboxylic acids is 1. The number of ketones is 1. The van der Waals surface area contributed by atoms with Gasteiger partial charge in [-0.3, -0.25) is 4.79 Å². The van der Waals surface area contributed by atoms with Crippen LogP contribution in [-0.2, 0) is 13.0 Å². The Morgan fingerprint density at radius 1 is 1.06 bits per heavy atom. The van der Waals surface area contributed by atoms with Crippen LogP contribution in [-0.4, -0.2) is 31.5 Å². The van der Waals surface area contributed by atoms with E-state index in [2.05, 4.69) is 44.9 Å². The molecule has 31 heavy (non-hydrogen) atoms. The zero-order valence-corrected chi connectivity index (χ0v) is 18.8. The number of nitrogens with zero attached hydrogens (tertiary/aromatic N) is 3. The van der Waals surface area contributed by atoms with Gasteiger partial charge in [-0.15, -0.1) is 10.2 Å². The van der Waals surface area contributed by atoms with Gasteiger partial charge in [0.2, 0.25) is 5.82 Å². The van der Waals surface area contributed by atoms with E-state index in [4.69, 9.17) is 4.74 Å². The summed E-state index contributed by atoms with van der Waals surface area (Å²) in [7, 11) is 0. The number of Topliss-reactive ketones (excluding diaryl/α,β-unsaturated/α-hetero) is 1. The highest BCUT2D eigenvalue weighted by molar-refractivity contribution is 14.1. The highest BCUT2D eigenvalue weighted by Gasteiger charge is 2.14. The molecule has 3 aromatic carbocycles. The number of carbonyl (C=O) groups is 1. The molecule has 4 aromatic rings. The van der Waals surface area contributed by atoms with Gasteiger partial charge in [0.15, 0.2) is 5.78 Å². The topological polar surface area (TPSA) is 101 Å². The first-order valence-corrected chi connectivity index (χ1v) is 10.6. The monoisotopic (exact) mass is 526 g/mol. The summed E-state index contributed by atoms with van der Waals surface area (Å²) in [5.74, 6) is 0.904. The molecule has 0 amide bonds. The summed E-state index contributed by atoms with van der Waals surface area (Å²) in [5.41, 5.74) is 4.55. The number of phenols is 1. The van der Waals surface area contributed by atoms with E-state index in [0.717, 1.165) is 23.1 Å². The molecule has 0 spiro atoms. The SMILES string of the molecule is CC(=O)c1ccc(OCc2ccc(Cc3cccc(-c4nn[nH]n4)c3)cc2)c(I)c1O. The summed E-state index contributed by atoms with van der Waals surface area (Å²) >= 11 is 1.99. The molecule has 1 aromatic heterocycles. The van der Waals surface area contributed by atoms with E-state index in [0.29, 0.717) is 27.3 Å². The quantitative estimate of drug-likeness (QED) is 0.271. The average Bonchev–Trinajstić information content (AvgIpc) is 3.31. The molecule has 156 valence electrons. The van der Waals surface area contributed by atoms with Crippen LogP contribution in [0.25, 0.3) is 11.4 Å². The third-order valence-corrected chi connectivity index (χ3v) is 5.86. The van der Waals surface area contributed by atoms with Crippen LogP contribution in [0.3, 0.4) is 0 Å². The van der Waals surface area contributed by atoms with Crippen molar-refractivity contribution in [2.24, 2.45) is 0 Å². The first-order valence-electron chi connectivity index (χ1n) is 9.57. The molecule has 0 radical (unpaired) electrons. The van der Waals surface area contributed by atoms with E-state index in [-0.39, 0.29) is 11.5 Å². The molecule has 0 unspecified atom stereocenters. The highest BCUT2D eigenvalue weighted by atomic mass is 127. The number of aromatic amines is 1. The molecule has 0 fully saturated rings. The van der Waals surface area contributed by atoms with Crippen LogP contribution in [0, 0.1) is 3.57 Å². The second-order valence-corrected chi connectivity index (χ2v) is 8.13. The number of phenolic OH excluding ortho intramolecular Hbond substituents is 1. The van der Waals surface area contributed by atoms with E-state index in [1.54, 1.807) is 12.1 Å². The molecule has 8 heteroatoms. The van der Waals surface area contributed by atoms with Gasteiger partial charge in [0, 0.05) is 5.56 Å². The summed E-state index contributed by atoms with van der Waals surface area (Å²) < 4.78 is 6.38. The maximum absolute atomic E-state index is 11.5. The number of hydrogen-bond donors (Lipinski definition) is 2. The van der Waals surface area contributed by atoms with Crippen LogP contribution in [0.2, 0.25) is 0 Å². The number of H-pyrrole nitrogens is 1. The largest absolute Gasteiger partial charge is 0.506 e. The minimum Gasteiger partial charge on any atom is -0.506 e. The fraction of sp³-hybridized carbons (Fsp3) is 0.130. The van der Waals surface area contributed by atoms with Gasteiger partial charge in [0.25, 0.3) is 0 Å². The number of nitrogens with one attached hydrogen (secondary N) is 1. The van der Waals surface area contributed by atoms with Crippen LogP contribution >= 0.6 is 22.6 Å². The lowest BCUT2D eigenvalue weighted by molar-refractivity contribution is 0.101. The molecular formula is C23H19IN4O3. The van der Waals surface area contributed by atoms with Gasteiger partial charge in [-0.1, -0.05) is 42.5 Å². The third-order valence-electron chi connectivity index (χ3n) is 4.82. The molecule has 1 heterocycles. The number of rotatable bonds is 7. The Labute approximate surface area is 192 Å². The summed E-state index contributed by atoms with van der Waals surface area (Å²) in [6, 6.07) is 19.5. The van der Waals surface area contributed by atoms with Crippen LogP contribution in [0.5, 0.6) is 11.5 Å². The fourth-order valence-corrected chi connectivity index (χ4v) is 3.82. The van der Waals surface area contributed by atoms with Crippen molar-refractivity contribution in [3.05, 3.63) is 86.5 Å². The van der Waals surface area contributed by atoms with Crippen LogP contribution in [0.15, 0.2) is 60.7 Å². The molecule has 2 N–H and O–H groups in total. The summed E-state index contributed by atoms with van der Waals surface area (Å²) in [6.45, 7) is 1.79. The van der Waals surface area contributed by atoms with Gasteiger partial charge in [-0.2, -0.15) is 5.21 Å². The standard InChI is InChI=1S/C23H19IN4O3/c1-14(29)19-9-10-20(21(24)22(19)30)31-13-16-7-5-15(6-8-16)11-17-3-2-4-18(12-17)23-25-27-28-26-23/h2-10,12,30H,11,13H2,1H3,(H,25,26,27,28). The van der Waals surface area contributed by atoms with Gasteiger partial charge in [-0.05, 0) is 76.0 Å². The number of benzene rings is 3. The van der Waals surface area contributed by atoms with E-state index in [9.17, 15) is 9.90 Å². The zero-order valence-electron chi connectivity index (χ0n) is 16.7. The van der Waals surface area contributed by atoms with Crippen LogP contribution in [0.4, 0.5) is 0 Å². The highest BCUT2D eigenvalue weighted by Crippen LogP contribution is 2.33. The number of hydrogen-bond acceptors (Lipinski definition) is 6. The third kappa shape index (κ3) is 4.91. The lowest BCUT2D eigenvalue weighted by atomic mass is 10.0. The van der Waals surface area contributed by atoms with Gasteiger partial charge < -0.3 is 9.84 Å². The summed E-state index contributed by atoms with van der Waals surface area (Å²) in [4.78, 5) is 11.5. The number of aromatic nitrogens is 4. The molecule has 7 nitrogen and oxygen atoms in total. The lowest BCUT2D eigenvalue weighted by Crippen LogP contribution is -2.00. The molecule has 0 saturated heterocycles. The summed E-state index contributed by atoms with van der Waals surface area (Å²) in [6.07, 6.45) is 0.783. The molecule has 0 aliphatic rings. The van der Waals surface area contributed by atoms with Crippen molar-refractivity contribution < 1.29 is 14.6 Å². The van der Waals surface area contributed by atoms with Crippen molar-refractivity contribution in [3.8, 4) is 22.9 Å². The minimum absolute atomic E-state index is 0.0380. The molecule has 4 rings (SSSR count). The van der Waals surface area contributed by atoms with Crippen molar-refractivity contribution in [2.75, 3.05) is 0 Å². The Bertz CT molecular complexity index is 1210. The summed E-state index contributed by atoms with van der Waals surface area (Å²) in [5, 5.41) is 24.3. The predicted molar refractivity (Wildman–Crippen MR) is 124 cm³/mol. The van der Waals surface area contributed by atoms with Gasteiger partial charge in [0.05, 0.1) is 9.13 Å². The van der Waals surface area contributed by atoms with Gasteiger partial charge in [-0.25, -0.2) is 0 Å². The smallest absolute Gasteiger partial charge is 0.204 e. The maximum Gasteiger partial charge on any atom is 0.204 e. The Balaban J connectivity index is 1.41. The molecule has 0 bridgehead atoms. The molecule has 0 aliphatic heterocycles. The van der Waals surface area contributed by atoms with Gasteiger partial charge in [0.1, 0.15) is 18.1 Å². The van der Waals surface area contributed by atoms with E-state index >= 15 is 0 Å². The second-order valence-electron chi connectivity index (χ2n) is 7.05. The van der Waals surface area contributed by atoms with Crippen molar-refractivity contribution in [3.63, 3.8) is 0 Å².